The topological polar surface area (TPSA) is 38.8 Å². The summed E-state index contributed by atoms with van der Waals surface area (Å²) in [5.74, 6) is 1.21. The van der Waals surface area contributed by atoms with Crippen LogP contribution >= 0.6 is 34.2 Å². The summed E-state index contributed by atoms with van der Waals surface area (Å²) in [6.45, 7) is 0.415. The van der Waals surface area contributed by atoms with Crippen LogP contribution in [0.25, 0.3) is 0 Å². The van der Waals surface area contributed by atoms with Gasteiger partial charge < -0.3 is 14.4 Å². The summed E-state index contributed by atoms with van der Waals surface area (Å²) in [6.07, 6.45) is 0. The molecule has 0 heterocycles. The number of para-hydroxylation sites is 1. The fourth-order valence-corrected chi connectivity index (χ4v) is 2.89. The Kier molecular flexibility index (Phi) is 6.12. The highest BCUT2D eigenvalue weighted by atomic mass is 127. The molecule has 0 radical (unpaired) electrons. The zero-order chi connectivity index (χ0) is 17.0. The lowest BCUT2D eigenvalue weighted by Crippen LogP contribution is -2.26. The highest BCUT2D eigenvalue weighted by Gasteiger charge is 2.17. The van der Waals surface area contributed by atoms with E-state index < -0.39 is 0 Å². The fraction of sp³-hybridized carbons (Fsp3) is 0.235. The van der Waals surface area contributed by atoms with Crippen LogP contribution in [0.5, 0.6) is 11.5 Å². The number of hydrogen-bond donors (Lipinski definition) is 0. The average molecular weight is 446 g/mol. The zero-order valence-electron chi connectivity index (χ0n) is 13.1. The Morgan fingerprint density at radius 3 is 2.57 bits per heavy atom. The fourth-order valence-electron chi connectivity index (χ4n) is 2.26. The standard InChI is InChI=1S/C17H17ClINO3/c1-20(17(21)11-7-8-13(18)14(19)9-11)10-12-5-4-6-15(22-2)16(12)23-3/h4-9H,10H2,1-3H3. The number of methoxy groups -OCH3 is 2. The second-order valence-corrected chi connectivity index (χ2v) is 6.51. The molecule has 0 saturated heterocycles. The van der Waals surface area contributed by atoms with Gasteiger partial charge in [-0.1, -0.05) is 23.7 Å². The lowest BCUT2D eigenvalue weighted by molar-refractivity contribution is 0.0784. The van der Waals surface area contributed by atoms with Gasteiger partial charge in [0.15, 0.2) is 11.5 Å². The maximum absolute atomic E-state index is 12.6. The molecule has 0 spiro atoms. The van der Waals surface area contributed by atoms with E-state index in [1.54, 1.807) is 44.4 Å². The van der Waals surface area contributed by atoms with Crippen molar-refractivity contribution in [2.75, 3.05) is 21.3 Å². The molecule has 6 heteroatoms. The molecule has 0 aliphatic carbocycles. The first-order valence-electron chi connectivity index (χ1n) is 6.88. The van der Waals surface area contributed by atoms with Crippen LogP contribution in [0, 0.1) is 3.57 Å². The van der Waals surface area contributed by atoms with Crippen LogP contribution in [0.1, 0.15) is 15.9 Å². The van der Waals surface area contributed by atoms with E-state index in [0.717, 1.165) is 9.13 Å². The normalized spacial score (nSPS) is 10.3. The minimum atomic E-state index is -0.0792. The minimum absolute atomic E-state index is 0.0792. The van der Waals surface area contributed by atoms with Gasteiger partial charge in [-0.05, 0) is 46.9 Å². The van der Waals surface area contributed by atoms with Crippen LogP contribution in [0.15, 0.2) is 36.4 Å². The molecule has 122 valence electrons. The Bertz CT molecular complexity index is 721. The number of ether oxygens (including phenoxy) is 2. The van der Waals surface area contributed by atoms with Crippen molar-refractivity contribution in [3.63, 3.8) is 0 Å². The van der Waals surface area contributed by atoms with Crippen LogP contribution in [-0.2, 0) is 6.54 Å². The van der Waals surface area contributed by atoms with Crippen molar-refractivity contribution in [2.24, 2.45) is 0 Å². The summed E-state index contributed by atoms with van der Waals surface area (Å²) in [4.78, 5) is 14.2. The zero-order valence-corrected chi connectivity index (χ0v) is 16.0. The third kappa shape index (κ3) is 4.09. The number of halogens is 2. The summed E-state index contributed by atoms with van der Waals surface area (Å²) in [6, 6.07) is 10.9. The van der Waals surface area contributed by atoms with Gasteiger partial charge in [-0.25, -0.2) is 0 Å². The molecule has 2 aromatic rings. The van der Waals surface area contributed by atoms with E-state index in [1.807, 2.05) is 18.2 Å². The molecule has 0 aliphatic rings. The molecule has 0 saturated carbocycles. The van der Waals surface area contributed by atoms with Crippen LogP contribution in [-0.4, -0.2) is 32.1 Å². The summed E-state index contributed by atoms with van der Waals surface area (Å²) < 4.78 is 11.5. The van der Waals surface area contributed by atoms with Crippen LogP contribution < -0.4 is 9.47 Å². The van der Waals surface area contributed by atoms with Gasteiger partial charge in [0, 0.05) is 28.3 Å². The Hall–Kier alpha value is -1.47. The number of benzene rings is 2. The highest BCUT2D eigenvalue weighted by molar-refractivity contribution is 14.1. The lowest BCUT2D eigenvalue weighted by atomic mass is 10.1. The SMILES string of the molecule is COc1cccc(CN(C)C(=O)c2ccc(Cl)c(I)c2)c1OC. The number of hydrogen-bond acceptors (Lipinski definition) is 3. The van der Waals surface area contributed by atoms with Gasteiger partial charge in [-0.3, -0.25) is 4.79 Å². The minimum Gasteiger partial charge on any atom is -0.493 e. The Labute approximate surface area is 154 Å². The van der Waals surface area contributed by atoms with Crippen LogP contribution in [0.2, 0.25) is 5.02 Å². The highest BCUT2D eigenvalue weighted by Crippen LogP contribution is 2.31. The van der Waals surface area contributed by atoms with E-state index >= 15 is 0 Å². The summed E-state index contributed by atoms with van der Waals surface area (Å²) in [7, 11) is 4.93. The van der Waals surface area contributed by atoms with Crippen molar-refractivity contribution in [1.29, 1.82) is 0 Å². The van der Waals surface area contributed by atoms with Crippen LogP contribution in [0.3, 0.4) is 0 Å². The number of carbonyl (C=O) groups excluding carboxylic acids is 1. The first kappa shape index (κ1) is 17.9. The number of carbonyl (C=O) groups is 1. The molecule has 0 aliphatic heterocycles. The summed E-state index contributed by atoms with van der Waals surface area (Å²) >= 11 is 8.12. The van der Waals surface area contributed by atoms with E-state index in [9.17, 15) is 4.79 Å². The van der Waals surface area contributed by atoms with Crippen molar-refractivity contribution < 1.29 is 14.3 Å². The van der Waals surface area contributed by atoms with E-state index in [2.05, 4.69) is 22.6 Å². The van der Waals surface area contributed by atoms with Gasteiger partial charge in [0.25, 0.3) is 5.91 Å². The quantitative estimate of drug-likeness (QED) is 0.647. The molecule has 23 heavy (non-hydrogen) atoms. The van der Waals surface area contributed by atoms with Crippen molar-refractivity contribution in [1.82, 2.24) is 4.90 Å². The molecular formula is C17H17ClINO3. The molecule has 0 N–H and O–H groups in total. The number of nitrogens with zero attached hydrogens (tertiary/aromatic N) is 1. The molecule has 4 nitrogen and oxygen atoms in total. The van der Waals surface area contributed by atoms with Gasteiger partial charge in [-0.2, -0.15) is 0 Å². The lowest BCUT2D eigenvalue weighted by Gasteiger charge is -2.20. The Morgan fingerprint density at radius 1 is 1.22 bits per heavy atom. The molecule has 1 amide bonds. The predicted octanol–water partition coefficient (Wildman–Crippen LogP) is 4.23. The predicted molar refractivity (Wildman–Crippen MR) is 99.5 cm³/mol. The summed E-state index contributed by atoms with van der Waals surface area (Å²) in [5, 5.41) is 0.638. The van der Waals surface area contributed by atoms with Crippen molar-refractivity contribution >= 4 is 40.1 Å². The second-order valence-electron chi connectivity index (χ2n) is 4.94. The average Bonchev–Trinajstić information content (AvgIpc) is 2.56. The third-order valence-corrected chi connectivity index (χ3v) is 4.95. The molecule has 0 atom stereocenters. The monoisotopic (exact) mass is 445 g/mol. The van der Waals surface area contributed by atoms with E-state index in [0.29, 0.717) is 28.6 Å². The van der Waals surface area contributed by atoms with E-state index in [-0.39, 0.29) is 5.91 Å². The molecular weight excluding hydrogens is 429 g/mol. The Morgan fingerprint density at radius 2 is 1.96 bits per heavy atom. The van der Waals surface area contributed by atoms with Gasteiger partial charge in [0.05, 0.1) is 19.2 Å². The van der Waals surface area contributed by atoms with Gasteiger partial charge in [0.1, 0.15) is 0 Å². The van der Waals surface area contributed by atoms with E-state index in [1.165, 1.54) is 0 Å². The van der Waals surface area contributed by atoms with Gasteiger partial charge in [-0.15, -0.1) is 0 Å². The number of amides is 1. The number of rotatable bonds is 5. The molecule has 0 aromatic heterocycles. The first-order chi connectivity index (χ1) is 11.0. The summed E-state index contributed by atoms with van der Waals surface area (Å²) in [5.41, 5.74) is 1.48. The molecule has 2 rings (SSSR count). The largest absolute Gasteiger partial charge is 0.493 e. The molecule has 0 unspecified atom stereocenters. The third-order valence-electron chi connectivity index (χ3n) is 3.41. The van der Waals surface area contributed by atoms with Gasteiger partial charge in [0.2, 0.25) is 0 Å². The van der Waals surface area contributed by atoms with Crippen LogP contribution in [0.4, 0.5) is 0 Å². The van der Waals surface area contributed by atoms with Crippen molar-refractivity contribution in [3.05, 3.63) is 56.1 Å². The van der Waals surface area contributed by atoms with E-state index in [4.69, 9.17) is 21.1 Å². The first-order valence-corrected chi connectivity index (χ1v) is 8.34. The van der Waals surface area contributed by atoms with Crippen molar-refractivity contribution in [3.8, 4) is 11.5 Å². The maximum Gasteiger partial charge on any atom is 0.253 e. The maximum atomic E-state index is 12.6. The Balaban J connectivity index is 2.23. The second kappa shape index (κ2) is 7.88. The van der Waals surface area contributed by atoms with Crippen molar-refractivity contribution in [2.45, 2.75) is 6.54 Å². The molecule has 0 bridgehead atoms. The molecule has 0 fully saturated rings. The molecule has 2 aromatic carbocycles. The van der Waals surface area contributed by atoms with Gasteiger partial charge >= 0.3 is 0 Å². The smallest absolute Gasteiger partial charge is 0.253 e.